The largest absolute Gasteiger partial charge is 0.350 e. The molecule has 2 aromatic rings. The second kappa shape index (κ2) is 3.96. The summed E-state index contributed by atoms with van der Waals surface area (Å²) in [5, 5.41) is 5.92. The van der Waals surface area contributed by atoms with Crippen LogP contribution in [-0.4, -0.2) is 35.0 Å². The molecule has 1 saturated heterocycles. The molecule has 1 unspecified atom stereocenters. The highest BCUT2D eigenvalue weighted by atomic mass is 32.1. The first-order valence-electron chi connectivity index (χ1n) is 5.46. The number of carbonyl (C=O) groups excluding carboxylic acids is 1. The molecule has 1 aliphatic heterocycles. The molecule has 6 heteroatoms. The van der Waals surface area contributed by atoms with Gasteiger partial charge in [-0.05, 0) is 18.4 Å². The Hall–Kier alpha value is -1.69. The number of hydrogen-bond acceptors (Lipinski definition) is 5. The van der Waals surface area contributed by atoms with Crippen LogP contribution in [-0.2, 0) is 4.79 Å². The second-order valence-corrected chi connectivity index (χ2v) is 5.08. The highest BCUT2D eigenvalue weighted by Crippen LogP contribution is 2.27. The third kappa shape index (κ3) is 1.84. The molecule has 3 heterocycles. The van der Waals surface area contributed by atoms with E-state index >= 15 is 0 Å². The zero-order chi connectivity index (χ0) is 11.8. The van der Waals surface area contributed by atoms with Crippen LogP contribution in [0.3, 0.4) is 0 Å². The molecular weight excluding hydrogens is 236 g/mol. The molecule has 0 saturated carbocycles. The third-order valence-corrected chi connectivity index (χ3v) is 3.60. The average Bonchev–Trinajstić information content (AvgIpc) is 2.75. The van der Waals surface area contributed by atoms with E-state index in [1.54, 1.807) is 17.7 Å². The maximum absolute atomic E-state index is 11.5. The number of anilines is 1. The van der Waals surface area contributed by atoms with Gasteiger partial charge in [0.05, 0.1) is 11.9 Å². The van der Waals surface area contributed by atoms with Gasteiger partial charge in [0.2, 0.25) is 5.91 Å². The van der Waals surface area contributed by atoms with Gasteiger partial charge in [-0.25, -0.2) is 9.97 Å². The van der Waals surface area contributed by atoms with E-state index in [1.165, 1.54) is 0 Å². The smallest absolute Gasteiger partial charge is 0.239 e. The molecule has 1 fully saturated rings. The van der Waals surface area contributed by atoms with E-state index in [0.717, 1.165) is 22.6 Å². The zero-order valence-corrected chi connectivity index (χ0v) is 10.2. The average molecular weight is 248 g/mol. The highest BCUT2D eigenvalue weighted by molar-refractivity contribution is 7.16. The lowest BCUT2D eigenvalue weighted by Gasteiger charge is -2.32. The summed E-state index contributed by atoms with van der Waals surface area (Å²) in [4.78, 5) is 23.0. The number of nitrogens with one attached hydrogen (secondary N) is 1. The minimum Gasteiger partial charge on any atom is -0.350 e. The molecule has 5 nitrogen and oxygen atoms in total. The van der Waals surface area contributed by atoms with Crippen LogP contribution in [0.2, 0.25) is 0 Å². The maximum atomic E-state index is 11.5. The lowest BCUT2D eigenvalue weighted by atomic mass is 10.2. The van der Waals surface area contributed by atoms with Crippen molar-refractivity contribution in [3.05, 3.63) is 17.8 Å². The summed E-state index contributed by atoms with van der Waals surface area (Å²) < 4.78 is 0. The van der Waals surface area contributed by atoms with E-state index in [9.17, 15) is 4.79 Å². The number of thiophene rings is 1. The molecule has 0 spiro atoms. The van der Waals surface area contributed by atoms with Crippen molar-refractivity contribution in [3.63, 3.8) is 0 Å². The van der Waals surface area contributed by atoms with Gasteiger partial charge in [0, 0.05) is 12.6 Å². The van der Waals surface area contributed by atoms with E-state index in [1.807, 2.05) is 23.3 Å². The van der Waals surface area contributed by atoms with Gasteiger partial charge in [-0.2, -0.15) is 0 Å². The van der Waals surface area contributed by atoms with Crippen LogP contribution in [0.25, 0.3) is 10.2 Å². The van der Waals surface area contributed by atoms with E-state index in [4.69, 9.17) is 0 Å². The Morgan fingerprint density at radius 2 is 2.41 bits per heavy atom. The lowest BCUT2D eigenvalue weighted by Crippen LogP contribution is -2.53. The zero-order valence-electron chi connectivity index (χ0n) is 9.38. The van der Waals surface area contributed by atoms with Gasteiger partial charge in [0.15, 0.2) is 0 Å². The van der Waals surface area contributed by atoms with Crippen LogP contribution >= 0.6 is 11.3 Å². The van der Waals surface area contributed by atoms with Crippen LogP contribution in [0.5, 0.6) is 0 Å². The molecule has 0 aromatic carbocycles. The molecule has 0 aliphatic carbocycles. The van der Waals surface area contributed by atoms with E-state index in [2.05, 4.69) is 15.3 Å². The van der Waals surface area contributed by atoms with Crippen molar-refractivity contribution in [2.45, 2.75) is 13.0 Å². The number of nitrogens with zero attached hydrogens (tertiary/aromatic N) is 3. The number of piperazine rings is 1. The summed E-state index contributed by atoms with van der Waals surface area (Å²) >= 11 is 1.59. The minimum atomic E-state index is 0.0470. The van der Waals surface area contributed by atoms with Crippen molar-refractivity contribution in [2.75, 3.05) is 18.0 Å². The molecule has 3 rings (SSSR count). The first kappa shape index (κ1) is 10.5. The lowest BCUT2D eigenvalue weighted by molar-refractivity contribution is -0.121. The van der Waals surface area contributed by atoms with Crippen molar-refractivity contribution in [3.8, 4) is 0 Å². The van der Waals surface area contributed by atoms with Crippen LogP contribution < -0.4 is 10.2 Å². The fraction of sp³-hybridized carbons (Fsp3) is 0.364. The van der Waals surface area contributed by atoms with Gasteiger partial charge < -0.3 is 10.2 Å². The molecule has 88 valence electrons. The first-order chi connectivity index (χ1) is 8.24. The Bertz CT molecular complexity index is 567. The van der Waals surface area contributed by atoms with Crippen molar-refractivity contribution in [1.29, 1.82) is 0 Å². The predicted octanol–water partition coefficient (Wildman–Crippen LogP) is 1.02. The number of hydrogen-bond donors (Lipinski definition) is 1. The quantitative estimate of drug-likeness (QED) is 0.818. The third-order valence-electron chi connectivity index (χ3n) is 2.78. The summed E-state index contributed by atoms with van der Waals surface area (Å²) in [6.07, 6.45) is 1.56. The summed E-state index contributed by atoms with van der Waals surface area (Å²) in [7, 11) is 0. The standard InChI is InChI=1S/C11H12N4OS/c1-7-4-15(5-9(16)14-7)10-8-2-3-17-11(8)13-6-12-10/h2-3,6-7H,4-5H2,1H3,(H,14,16). The van der Waals surface area contributed by atoms with Crippen LogP contribution in [0.1, 0.15) is 6.92 Å². The van der Waals surface area contributed by atoms with E-state index in [-0.39, 0.29) is 11.9 Å². The Kier molecular flexibility index (Phi) is 2.44. The number of aromatic nitrogens is 2. The summed E-state index contributed by atoms with van der Waals surface area (Å²) in [5.74, 6) is 0.906. The van der Waals surface area contributed by atoms with Crippen molar-refractivity contribution >= 4 is 33.3 Å². The monoisotopic (exact) mass is 248 g/mol. The van der Waals surface area contributed by atoms with Crippen LogP contribution in [0.15, 0.2) is 17.8 Å². The van der Waals surface area contributed by atoms with E-state index in [0.29, 0.717) is 6.54 Å². The molecule has 1 amide bonds. The predicted molar refractivity (Wildman–Crippen MR) is 67.2 cm³/mol. The number of fused-ring (bicyclic) bond motifs is 1. The molecular formula is C11H12N4OS. The van der Waals surface area contributed by atoms with Gasteiger partial charge in [0.1, 0.15) is 17.0 Å². The SMILES string of the molecule is CC1CN(c2ncnc3sccc23)CC(=O)N1. The molecule has 1 atom stereocenters. The molecule has 0 radical (unpaired) electrons. The molecule has 0 bridgehead atoms. The van der Waals surface area contributed by atoms with Crippen molar-refractivity contribution < 1.29 is 4.79 Å². The van der Waals surface area contributed by atoms with Gasteiger partial charge >= 0.3 is 0 Å². The first-order valence-corrected chi connectivity index (χ1v) is 6.34. The number of carbonyl (C=O) groups is 1. The second-order valence-electron chi connectivity index (χ2n) is 4.19. The Labute approximate surface area is 102 Å². The van der Waals surface area contributed by atoms with Gasteiger partial charge in [-0.3, -0.25) is 4.79 Å². The highest BCUT2D eigenvalue weighted by Gasteiger charge is 2.24. The molecule has 1 aliphatic rings. The van der Waals surface area contributed by atoms with Gasteiger partial charge in [-0.15, -0.1) is 11.3 Å². The van der Waals surface area contributed by atoms with Crippen LogP contribution in [0.4, 0.5) is 5.82 Å². The van der Waals surface area contributed by atoms with Crippen LogP contribution in [0, 0.1) is 0 Å². The molecule has 17 heavy (non-hydrogen) atoms. The van der Waals surface area contributed by atoms with Crippen molar-refractivity contribution in [2.24, 2.45) is 0 Å². The Morgan fingerprint density at radius 3 is 3.24 bits per heavy atom. The number of amides is 1. The van der Waals surface area contributed by atoms with Gasteiger partial charge in [-0.1, -0.05) is 0 Å². The molecule has 1 N–H and O–H groups in total. The maximum Gasteiger partial charge on any atom is 0.239 e. The normalized spacial score (nSPS) is 20.6. The van der Waals surface area contributed by atoms with Crippen molar-refractivity contribution in [1.82, 2.24) is 15.3 Å². The Morgan fingerprint density at radius 1 is 1.53 bits per heavy atom. The molecule has 2 aromatic heterocycles. The fourth-order valence-corrected chi connectivity index (χ4v) is 2.85. The Balaban J connectivity index is 2.03. The number of rotatable bonds is 1. The van der Waals surface area contributed by atoms with E-state index < -0.39 is 0 Å². The van der Waals surface area contributed by atoms with Gasteiger partial charge in [0.25, 0.3) is 0 Å². The summed E-state index contributed by atoms with van der Waals surface area (Å²) in [6.45, 7) is 3.15. The summed E-state index contributed by atoms with van der Waals surface area (Å²) in [5.41, 5.74) is 0. The minimum absolute atomic E-state index is 0.0470. The topological polar surface area (TPSA) is 58.1 Å². The fourth-order valence-electron chi connectivity index (χ4n) is 2.12. The summed E-state index contributed by atoms with van der Waals surface area (Å²) in [6, 6.07) is 2.16.